The van der Waals surface area contributed by atoms with E-state index >= 15 is 0 Å². The maximum Gasteiger partial charge on any atom is 0.273 e. The van der Waals surface area contributed by atoms with E-state index in [1.165, 1.54) is 0 Å². The molecule has 0 aromatic carbocycles. The van der Waals surface area contributed by atoms with Gasteiger partial charge in [-0.15, -0.1) is 11.3 Å². The Bertz CT molecular complexity index is 620. The molecule has 0 atom stereocenters. The lowest BCUT2D eigenvalue weighted by molar-refractivity contribution is 0.0943. The Morgan fingerprint density at radius 3 is 3.04 bits per heavy atom. The third-order valence-corrected chi connectivity index (χ3v) is 4.81. The Morgan fingerprint density at radius 1 is 1.43 bits per heavy atom. The van der Waals surface area contributed by atoms with E-state index in [0.29, 0.717) is 24.0 Å². The number of amides is 1. The first-order valence-corrected chi connectivity index (χ1v) is 8.87. The highest BCUT2D eigenvalue weighted by Gasteiger charge is 2.21. The molecule has 0 bridgehead atoms. The van der Waals surface area contributed by atoms with Gasteiger partial charge in [-0.1, -0.05) is 17.6 Å². The lowest BCUT2D eigenvalue weighted by Gasteiger charge is -2.36. The van der Waals surface area contributed by atoms with Gasteiger partial charge in [0.2, 0.25) is 0 Å². The van der Waals surface area contributed by atoms with Gasteiger partial charge in [0.1, 0.15) is 0 Å². The van der Waals surface area contributed by atoms with Crippen LogP contribution in [0.1, 0.15) is 29.8 Å². The molecule has 0 aliphatic carbocycles. The SMILES string of the molecule is NC1CN(CCCCCNC(=O)c2cc(-c3cccs3)on2)C1. The standard InChI is InChI=1S/C16H22N4O2S/c17-12-10-20(11-12)7-3-1-2-6-18-16(21)13-9-14(22-19-13)15-5-4-8-23-15/h4-5,8-9,12H,1-3,6-7,10-11,17H2,(H,18,21). The normalized spacial score (nSPS) is 15.5. The van der Waals surface area contributed by atoms with Gasteiger partial charge in [0.25, 0.3) is 5.91 Å². The highest BCUT2D eigenvalue weighted by molar-refractivity contribution is 7.13. The zero-order valence-corrected chi connectivity index (χ0v) is 13.8. The van der Waals surface area contributed by atoms with Crippen molar-refractivity contribution in [2.24, 2.45) is 5.73 Å². The number of hydrogen-bond acceptors (Lipinski definition) is 6. The van der Waals surface area contributed by atoms with E-state index in [1.807, 2.05) is 17.5 Å². The van der Waals surface area contributed by atoms with Gasteiger partial charge in [0.05, 0.1) is 4.88 Å². The number of unbranched alkanes of at least 4 members (excludes halogenated alkanes) is 2. The third kappa shape index (κ3) is 4.40. The molecule has 0 saturated carbocycles. The maximum absolute atomic E-state index is 12.0. The Hall–Kier alpha value is -1.70. The first-order chi connectivity index (χ1) is 11.2. The number of nitrogens with zero attached hydrogens (tertiary/aromatic N) is 2. The monoisotopic (exact) mass is 334 g/mol. The second kappa shape index (κ2) is 7.72. The Morgan fingerprint density at radius 2 is 2.30 bits per heavy atom. The number of hydrogen-bond donors (Lipinski definition) is 2. The van der Waals surface area contributed by atoms with Crippen molar-refractivity contribution in [1.29, 1.82) is 0 Å². The summed E-state index contributed by atoms with van der Waals surface area (Å²) in [6, 6.07) is 5.94. The van der Waals surface area contributed by atoms with Crippen LogP contribution in [0, 0.1) is 0 Å². The van der Waals surface area contributed by atoms with Crippen molar-refractivity contribution < 1.29 is 9.32 Å². The Kier molecular flexibility index (Phi) is 5.43. The zero-order valence-electron chi connectivity index (χ0n) is 13.0. The van der Waals surface area contributed by atoms with Crippen LogP contribution in [0.4, 0.5) is 0 Å². The number of nitrogens with two attached hydrogens (primary N) is 1. The fourth-order valence-corrected chi connectivity index (χ4v) is 3.31. The van der Waals surface area contributed by atoms with Gasteiger partial charge >= 0.3 is 0 Å². The summed E-state index contributed by atoms with van der Waals surface area (Å²) < 4.78 is 5.21. The lowest BCUT2D eigenvalue weighted by Crippen LogP contribution is -2.55. The smallest absolute Gasteiger partial charge is 0.273 e. The summed E-state index contributed by atoms with van der Waals surface area (Å²) in [5, 5.41) is 8.69. The minimum Gasteiger partial charge on any atom is -0.355 e. The molecule has 1 aliphatic rings. The Balaban J connectivity index is 1.32. The molecule has 7 heteroatoms. The van der Waals surface area contributed by atoms with Crippen molar-refractivity contribution in [3.05, 3.63) is 29.3 Å². The zero-order chi connectivity index (χ0) is 16.1. The molecular formula is C16H22N4O2S. The maximum atomic E-state index is 12.0. The third-order valence-electron chi connectivity index (χ3n) is 3.93. The van der Waals surface area contributed by atoms with Crippen LogP contribution in [0.25, 0.3) is 10.6 Å². The van der Waals surface area contributed by atoms with Crippen LogP contribution in [0.2, 0.25) is 0 Å². The number of likely N-dealkylation sites (tertiary alicyclic amines) is 1. The number of carbonyl (C=O) groups is 1. The van der Waals surface area contributed by atoms with Crippen molar-refractivity contribution in [2.75, 3.05) is 26.2 Å². The molecular weight excluding hydrogens is 312 g/mol. The lowest BCUT2D eigenvalue weighted by atomic mass is 10.1. The van der Waals surface area contributed by atoms with Crippen LogP contribution in [-0.2, 0) is 0 Å². The summed E-state index contributed by atoms with van der Waals surface area (Å²) in [4.78, 5) is 15.3. The molecule has 0 radical (unpaired) electrons. The molecule has 2 aromatic rings. The summed E-state index contributed by atoms with van der Waals surface area (Å²) in [5.74, 6) is 0.461. The fraction of sp³-hybridized carbons (Fsp3) is 0.500. The van der Waals surface area contributed by atoms with E-state index in [1.54, 1.807) is 17.4 Å². The van der Waals surface area contributed by atoms with Crippen LogP contribution >= 0.6 is 11.3 Å². The summed E-state index contributed by atoms with van der Waals surface area (Å²) in [6.07, 6.45) is 3.22. The summed E-state index contributed by atoms with van der Waals surface area (Å²) in [5.41, 5.74) is 6.08. The van der Waals surface area contributed by atoms with E-state index in [-0.39, 0.29) is 5.91 Å². The molecule has 1 saturated heterocycles. The van der Waals surface area contributed by atoms with Crippen LogP contribution in [0.15, 0.2) is 28.1 Å². The van der Waals surface area contributed by atoms with Crippen molar-refractivity contribution in [3.63, 3.8) is 0 Å². The highest BCUT2D eigenvalue weighted by Crippen LogP contribution is 2.24. The van der Waals surface area contributed by atoms with Crippen molar-refractivity contribution in [3.8, 4) is 10.6 Å². The van der Waals surface area contributed by atoms with Crippen molar-refractivity contribution in [2.45, 2.75) is 25.3 Å². The molecule has 1 fully saturated rings. The predicted octanol–water partition coefficient (Wildman–Crippen LogP) is 1.95. The molecule has 3 heterocycles. The van der Waals surface area contributed by atoms with Gasteiger partial charge in [-0.2, -0.15) is 0 Å². The summed E-state index contributed by atoms with van der Waals surface area (Å²) in [7, 11) is 0. The molecule has 6 nitrogen and oxygen atoms in total. The van der Waals surface area contributed by atoms with E-state index in [9.17, 15) is 4.79 Å². The van der Waals surface area contributed by atoms with Gasteiger partial charge < -0.3 is 20.5 Å². The molecule has 0 spiro atoms. The van der Waals surface area contributed by atoms with E-state index in [4.69, 9.17) is 10.3 Å². The van der Waals surface area contributed by atoms with Gasteiger partial charge in [0, 0.05) is 31.7 Å². The highest BCUT2D eigenvalue weighted by atomic mass is 32.1. The van der Waals surface area contributed by atoms with Gasteiger partial charge in [0.15, 0.2) is 11.5 Å². The van der Waals surface area contributed by atoms with Crippen molar-refractivity contribution >= 4 is 17.2 Å². The topological polar surface area (TPSA) is 84.4 Å². The first kappa shape index (κ1) is 16.2. The second-order valence-electron chi connectivity index (χ2n) is 5.89. The van der Waals surface area contributed by atoms with Crippen molar-refractivity contribution in [1.82, 2.24) is 15.4 Å². The van der Waals surface area contributed by atoms with Crippen LogP contribution < -0.4 is 11.1 Å². The van der Waals surface area contributed by atoms with Crippen LogP contribution in [0.5, 0.6) is 0 Å². The number of thiophene rings is 1. The number of aromatic nitrogens is 1. The Labute approximate surface area is 139 Å². The largest absolute Gasteiger partial charge is 0.355 e. The first-order valence-electron chi connectivity index (χ1n) is 7.99. The minimum absolute atomic E-state index is 0.176. The van der Waals surface area contributed by atoms with E-state index in [2.05, 4.69) is 15.4 Å². The molecule has 1 aliphatic heterocycles. The summed E-state index contributed by atoms with van der Waals surface area (Å²) >= 11 is 1.56. The molecule has 124 valence electrons. The average molecular weight is 334 g/mol. The number of nitrogens with one attached hydrogen (secondary N) is 1. The molecule has 3 N–H and O–H groups in total. The number of carbonyl (C=O) groups excluding carboxylic acids is 1. The molecule has 0 unspecified atom stereocenters. The molecule has 23 heavy (non-hydrogen) atoms. The molecule has 3 rings (SSSR count). The fourth-order valence-electron chi connectivity index (χ4n) is 2.64. The number of rotatable bonds is 8. The van der Waals surface area contributed by atoms with Gasteiger partial charge in [-0.05, 0) is 30.8 Å². The van der Waals surface area contributed by atoms with E-state index in [0.717, 1.165) is 43.8 Å². The van der Waals surface area contributed by atoms with Gasteiger partial charge in [-0.25, -0.2) is 0 Å². The van der Waals surface area contributed by atoms with Crippen LogP contribution in [0.3, 0.4) is 0 Å². The molecule has 1 amide bonds. The minimum atomic E-state index is -0.176. The molecule has 2 aromatic heterocycles. The summed E-state index contributed by atoms with van der Waals surface area (Å²) in [6.45, 7) is 3.82. The van der Waals surface area contributed by atoms with Gasteiger partial charge in [-0.3, -0.25) is 4.79 Å². The second-order valence-corrected chi connectivity index (χ2v) is 6.84. The predicted molar refractivity (Wildman–Crippen MR) is 90.4 cm³/mol. The quantitative estimate of drug-likeness (QED) is 0.721. The van der Waals surface area contributed by atoms with E-state index < -0.39 is 0 Å². The van der Waals surface area contributed by atoms with Crippen LogP contribution in [-0.4, -0.2) is 48.2 Å². The average Bonchev–Trinajstić information content (AvgIpc) is 3.18.